The van der Waals surface area contributed by atoms with Crippen molar-refractivity contribution in [3.63, 3.8) is 0 Å². The number of nitrogens with zero attached hydrogens (tertiary/aromatic N) is 1. The first-order valence-electron chi connectivity index (χ1n) is 9.23. The highest BCUT2D eigenvalue weighted by Gasteiger charge is 2.47. The molecule has 6 amide bonds. The Morgan fingerprint density at radius 3 is 1.55 bits per heavy atom. The summed E-state index contributed by atoms with van der Waals surface area (Å²) < 4.78 is 2.18. The lowest BCUT2D eigenvalue weighted by atomic mass is 9.92. The first-order chi connectivity index (χ1) is 14.5. The third kappa shape index (κ3) is 4.54. The Bertz CT molecular complexity index is 1060. The molecule has 2 atom stereocenters. The van der Waals surface area contributed by atoms with Crippen LogP contribution in [0.25, 0.3) is 0 Å². The maximum atomic E-state index is 12.0. The van der Waals surface area contributed by atoms with E-state index in [-0.39, 0.29) is 17.8 Å². The van der Waals surface area contributed by atoms with Gasteiger partial charge in [0.25, 0.3) is 11.8 Å². The molecule has 2 fully saturated rings. The number of hydrogen-bond donors (Lipinski definition) is 3. The predicted molar refractivity (Wildman–Crippen MR) is 131 cm³/mol. The Morgan fingerprint density at radius 2 is 1.19 bits per heavy atom. The molecule has 0 saturated carbocycles. The normalized spacial score (nSPS) is 24.9. The zero-order valence-electron chi connectivity index (χ0n) is 17.0. The number of halogens is 2. The molecule has 2 aromatic carbocycles. The summed E-state index contributed by atoms with van der Waals surface area (Å²) in [5, 5.41) is 7.54. The maximum absolute atomic E-state index is 12.0. The molecule has 10 heteroatoms. The Labute approximate surface area is 206 Å². The molecule has 0 spiro atoms. The van der Waals surface area contributed by atoms with Gasteiger partial charge in [-0.05, 0) is 94.4 Å². The van der Waals surface area contributed by atoms with Gasteiger partial charge < -0.3 is 10.6 Å². The lowest BCUT2D eigenvalue weighted by Crippen LogP contribution is -2.40. The molecule has 2 aromatic rings. The summed E-state index contributed by atoms with van der Waals surface area (Å²) in [7, 11) is 1.48. The molecule has 0 bridgehead atoms. The van der Waals surface area contributed by atoms with Gasteiger partial charge in [-0.2, -0.15) is 0 Å². The topological polar surface area (TPSA) is 108 Å². The monoisotopic (exact) mass is 646 g/mol. The highest BCUT2D eigenvalue weighted by molar-refractivity contribution is 14.1. The summed E-state index contributed by atoms with van der Waals surface area (Å²) in [6.45, 7) is 3.41. The molecule has 2 unspecified atom stereocenters. The van der Waals surface area contributed by atoms with Gasteiger partial charge in [0.15, 0.2) is 0 Å². The standard InChI is InChI=1S/C11H11IN2O2.C10H9IN2O2/c1-11(7-3-5-8(12)6-4-7)9(15)14(2)10(16)13-11;1-10(8(14)12-9(15)13-10)6-2-4-7(11)5-3-6/h3-6H,1-2H3,(H,13,16);2-5H,1H3,(H2,12,13,14,15). The number of urea groups is 2. The van der Waals surface area contributed by atoms with Gasteiger partial charge in [0.2, 0.25) is 0 Å². The van der Waals surface area contributed by atoms with E-state index in [1.54, 1.807) is 13.8 Å². The third-order valence-electron chi connectivity index (χ3n) is 5.28. The zero-order valence-corrected chi connectivity index (χ0v) is 21.3. The van der Waals surface area contributed by atoms with E-state index in [1.807, 2.05) is 48.5 Å². The van der Waals surface area contributed by atoms with Gasteiger partial charge in [-0.1, -0.05) is 24.3 Å². The van der Waals surface area contributed by atoms with Crippen LogP contribution in [0.3, 0.4) is 0 Å². The van der Waals surface area contributed by atoms with Crippen LogP contribution in [0, 0.1) is 7.14 Å². The van der Waals surface area contributed by atoms with Crippen LogP contribution < -0.4 is 16.0 Å². The molecule has 2 aliphatic heterocycles. The van der Waals surface area contributed by atoms with E-state index in [2.05, 4.69) is 61.1 Å². The van der Waals surface area contributed by atoms with E-state index < -0.39 is 17.1 Å². The molecule has 0 aliphatic carbocycles. The molecule has 3 N–H and O–H groups in total. The van der Waals surface area contributed by atoms with E-state index in [0.717, 1.165) is 23.2 Å². The summed E-state index contributed by atoms with van der Waals surface area (Å²) in [5.41, 5.74) is -0.292. The van der Waals surface area contributed by atoms with Crippen molar-refractivity contribution < 1.29 is 19.2 Å². The van der Waals surface area contributed by atoms with Crippen LogP contribution in [0.2, 0.25) is 0 Å². The fourth-order valence-electron chi connectivity index (χ4n) is 3.29. The number of likely N-dealkylation sites (N-methyl/N-ethyl adjacent to an activating group) is 1. The number of carbonyl (C=O) groups is 4. The molecule has 2 aliphatic rings. The van der Waals surface area contributed by atoms with Crippen LogP contribution in [0.1, 0.15) is 25.0 Å². The van der Waals surface area contributed by atoms with Gasteiger partial charge in [-0.3, -0.25) is 19.8 Å². The Hall–Kier alpha value is -2.22. The number of nitrogens with one attached hydrogen (secondary N) is 3. The van der Waals surface area contributed by atoms with Gasteiger partial charge in [-0.25, -0.2) is 9.59 Å². The molecule has 2 saturated heterocycles. The van der Waals surface area contributed by atoms with Crippen molar-refractivity contribution in [3.05, 3.63) is 66.8 Å². The van der Waals surface area contributed by atoms with E-state index in [4.69, 9.17) is 0 Å². The van der Waals surface area contributed by atoms with E-state index >= 15 is 0 Å². The number of hydrogen-bond acceptors (Lipinski definition) is 4. The van der Waals surface area contributed by atoms with Gasteiger partial charge >= 0.3 is 12.1 Å². The summed E-state index contributed by atoms with van der Waals surface area (Å²) in [5.74, 6) is -0.535. The summed E-state index contributed by atoms with van der Waals surface area (Å²) in [4.78, 5) is 47.2. The molecule has 0 radical (unpaired) electrons. The van der Waals surface area contributed by atoms with Crippen molar-refractivity contribution in [3.8, 4) is 0 Å². The Morgan fingerprint density at radius 1 is 0.742 bits per heavy atom. The average Bonchev–Trinajstić information content (AvgIpc) is 3.10. The van der Waals surface area contributed by atoms with E-state index in [9.17, 15) is 19.2 Å². The first-order valence-corrected chi connectivity index (χ1v) is 11.4. The third-order valence-corrected chi connectivity index (χ3v) is 6.72. The molecule has 2 heterocycles. The fourth-order valence-corrected chi connectivity index (χ4v) is 4.01. The highest BCUT2D eigenvalue weighted by atomic mass is 127. The highest BCUT2D eigenvalue weighted by Crippen LogP contribution is 2.28. The van der Waals surface area contributed by atoms with Crippen LogP contribution in [-0.4, -0.2) is 35.8 Å². The Balaban J connectivity index is 0.000000176. The number of amides is 6. The Kier molecular flexibility index (Phi) is 6.60. The second kappa shape index (κ2) is 8.73. The van der Waals surface area contributed by atoms with Crippen molar-refractivity contribution in [2.75, 3.05) is 7.05 Å². The minimum Gasteiger partial charge on any atom is -0.320 e. The van der Waals surface area contributed by atoms with Crippen LogP contribution in [0.5, 0.6) is 0 Å². The molecule has 8 nitrogen and oxygen atoms in total. The fraction of sp³-hybridized carbons (Fsp3) is 0.238. The second-order valence-electron chi connectivity index (χ2n) is 7.47. The molecular weight excluding hydrogens is 626 g/mol. The van der Waals surface area contributed by atoms with Crippen LogP contribution in [-0.2, 0) is 20.7 Å². The van der Waals surface area contributed by atoms with Crippen LogP contribution >= 0.6 is 45.2 Å². The summed E-state index contributed by atoms with van der Waals surface area (Å²) in [6.07, 6.45) is 0. The van der Waals surface area contributed by atoms with E-state index in [1.165, 1.54) is 7.05 Å². The van der Waals surface area contributed by atoms with Crippen molar-refractivity contribution in [2.24, 2.45) is 0 Å². The van der Waals surface area contributed by atoms with Crippen molar-refractivity contribution in [1.82, 2.24) is 20.9 Å². The molecule has 0 aromatic heterocycles. The lowest BCUT2D eigenvalue weighted by Gasteiger charge is -2.21. The van der Waals surface area contributed by atoms with Crippen LogP contribution in [0.15, 0.2) is 48.5 Å². The van der Waals surface area contributed by atoms with E-state index in [0.29, 0.717) is 0 Å². The van der Waals surface area contributed by atoms with Crippen molar-refractivity contribution in [2.45, 2.75) is 24.9 Å². The molecule has 4 rings (SSSR count). The first kappa shape index (κ1) is 23.4. The molecule has 31 heavy (non-hydrogen) atoms. The SMILES string of the molecule is CC1(c2ccc(I)cc2)NC(=O)NC1=O.CN1C(=O)NC(C)(c2ccc(I)cc2)C1=O. The minimum absolute atomic E-state index is 0.223. The zero-order chi connectivity index (χ0) is 23.0. The maximum Gasteiger partial charge on any atom is 0.325 e. The van der Waals surface area contributed by atoms with Gasteiger partial charge in [0.1, 0.15) is 11.1 Å². The lowest BCUT2D eigenvalue weighted by molar-refractivity contribution is -0.130. The molecular formula is C21H20I2N4O4. The quantitative estimate of drug-likeness (QED) is 0.345. The number of carbonyl (C=O) groups excluding carboxylic acids is 4. The summed E-state index contributed by atoms with van der Waals surface area (Å²) >= 11 is 4.38. The average molecular weight is 646 g/mol. The van der Waals surface area contributed by atoms with Crippen molar-refractivity contribution >= 4 is 69.1 Å². The second-order valence-corrected chi connectivity index (χ2v) is 9.96. The number of imide groups is 2. The van der Waals surface area contributed by atoms with Crippen molar-refractivity contribution in [1.29, 1.82) is 0 Å². The molecule has 162 valence electrons. The van der Waals surface area contributed by atoms with Gasteiger partial charge in [-0.15, -0.1) is 0 Å². The van der Waals surface area contributed by atoms with Gasteiger partial charge in [0, 0.05) is 14.2 Å². The summed E-state index contributed by atoms with van der Waals surface area (Å²) in [6, 6.07) is 14.2. The van der Waals surface area contributed by atoms with Gasteiger partial charge in [0.05, 0.1) is 0 Å². The smallest absolute Gasteiger partial charge is 0.320 e. The number of rotatable bonds is 2. The minimum atomic E-state index is -0.943. The largest absolute Gasteiger partial charge is 0.325 e. The predicted octanol–water partition coefficient (Wildman–Crippen LogP) is 3.03. The van der Waals surface area contributed by atoms with Crippen LogP contribution in [0.4, 0.5) is 9.59 Å². The number of benzene rings is 2.